The minimum atomic E-state index is -0.348. The summed E-state index contributed by atoms with van der Waals surface area (Å²) >= 11 is 0. The highest BCUT2D eigenvalue weighted by Gasteiger charge is 2.07. The van der Waals surface area contributed by atoms with Gasteiger partial charge in [0.15, 0.2) is 11.5 Å². The van der Waals surface area contributed by atoms with Gasteiger partial charge in [-0.15, -0.1) is 0 Å². The summed E-state index contributed by atoms with van der Waals surface area (Å²) in [4.78, 5) is 11.4. The lowest BCUT2D eigenvalue weighted by Gasteiger charge is -2.11. The summed E-state index contributed by atoms with van der Waals surface area (Å²) in [7, 11) is 2.98. The summed E-state index contributed by atoms with van der Waals surface area (Å²) in [5, 5.41) is 0. The van der Waals surface area contributed by atoms with Crippen LogP contribution in [0.1, 0.15) is 28.4 Å². The second-order valence-electron chi connectivity index (χ2n) is 4.89. The van der Waals surface area contributed by atoms with Gasteiger partial charge < -0.3 is 14.2 Å². The van der Waals surface area contributed by atoms with Crippen molar-refractivity contribution in [2.24, 2.45) is 0 Å². The Bertz CT molecular complexity index is 687. The fourth-order valence-corrected chi connectivity index (χ4v) is 2.12. The molecule has 0 saturated heterocycles. The number of ether oxygens (including phenoxy) is 3. The number of hydrogen-bond acceptors (Lipinski definition) is 4. The van der Waals surface area contributed by atoms with Crippen molar-refractivity contribution >= 4 is 12.0 Å². The van der Waals surface area contributed by atoms with Gasteiger partial charge in [0.1, 0.15) is 6.61 Å². The topological polar surface area (TPSA) is 44.8 Å². The maximum Gasteiger partial charge on any atom is 0.337 e. The summed E-state index contributed by atoms with van der Waals surface area (Å²) in [6.07, 6.45) is 3.97. The Balaban J connectivity index is 2.07. The van der Waals surface area contributed by atoms with Crippen LogP contribution < -0.4 is 9.47 Å². The monoisotopic (exact) mass is 312 g/mol. The van der Waals surface area contributed by atoms with Crippen LogP contribution in [0.3, 0.4) is 0 Å². The van der Waals surface area contributed by atoms with Gasteiger partial charge in [-0.25, -0.2) is 4.79 Å². The SMILES string of the molecule is C/C=C/c1ccc(OCc2ccc(C(=O)OC)cc2)c(OC)c1. The summed E-state index contributed by atoms with van der Waals surface area (Å²) in [5.74, 6) is 1.02. The molecule has 0 spiro atoms. The molecule has 0 amide bonds. The third kappa shape index (κ3) is 4.36. The molecule has 0 fully saturated rings. The number of methoxy groups -OCH3 is 2. The first-order chi connectivity index (χ1) is 11.2. The van der Waals surface area contributed by atoms with Crippen molar-refractivity contribution in [3.05, 3.63) is 65.2 Å². The van der Waals surface area contributed by atoms with Gasteiger partial charge in [0.25, 0.3) is 0 Å². The zero-order valence-electron chi connectivity index (χ0n) is 13.5. The lowest BCUT2D eigenvalue weighted by Crippen LogP contribution is -2.02. The van der Waals surface area contributed by atoms with Crippen molar-refractivity contribution in [3.63, 3.8) is 0 Å². The first kappa shape index (κ1) is 16.6. The standard InChI is InChI=1S/C19H20O4/c1-4-5-14-8-11-17(18(12-14)21-2)23-13-15-6-9-16(10-7-15)19(20)22-3/h4-12H,13H2,1-3H3/b5-4+. The maximum absolute atomic E-state index is 11.4. The molecule has 120 valence electrons. The van der Waals surface area contributed by atoms with Crippen molar-refractivity contribution in [1.29, 1.82) is 0 Å². The molecule has 0 N–H and O–H groups in total. The predicted octanol–water partition coefficient (Wildman–Crippen LogP) is 4.09. The zero-order valence-corrected chi connectivity index (χ0v) is 13.5. The molecule has 0 aliphatic rings. The van der Waals surface area contributed by atoms with Crippen LogP contribution in [0.15, 0.2) is 48.5 Å². The first-order valence-corrected chi connectivity index (χ1v) is 7.28. The number of allylic oxidation sites excluding steroid dienone is 1. The van der Waals surface area contributed by atoms with Crippen LogP contribution in [-0.4, -0.2) is 20.2 Å². The Morgan fingerprint density at radius 1 is 1.04 bits per heavy atom. The average molecular weight is 312 g/mol. The van der Waals surface area contributed by atoms with E-state index in [0.717, 1.165) is 11.1 Å². The molecule has 0 unspecified atom stereocenters. The molecule has 2 aromatic rings. The summed E-state index contributed by atoms with van der Waals surface area (Å²) in [6, 6.07) is 12.9. The van der Waals surface area contributed by atoms with E-state index in [4.69, 9.17) is 9.47 Å². The van der Waals surface area contributed by atoms with E-state index in [1.807, 2.05) is 49.4 Å². The fraction of sp³-hybridized carbons (Fsp3) is 0.211. The molecule has 4 nitrogen and oxygen atoms in total. The minimum Gasteiger partial charge on any atom is -0.493 e. The highest BCUT2D eigenvalue weighted by atomic mass is 16.5. The van der Waals surface area contributed by atoms with Crippen LogP contribution in [0, 0.1) is 0 Å². The second-order valence-corrected chi connectivity index (χ2v) is 4.89. The van der Waals surface area contributed by atoms with E-state index in [-0.39, 0.29) is 5.97 Å². The Kier molecular flexibility index (Phi) is 5.80. The molecule has 0 bridgehead atoms. The van der Waals surface area contributed by atoms with Gasteiger partial charge in [0, 0.05) is 0 Å². The molecule has 0 aliphatic heterocycles. The number of rotatable bonds is 6. The Morgan fingerprint density at radius 3 is 2.39 bits per heavy atom. The predicted molar refractivity (Wildman–Crippen MR) is 89.8 cm³/mol. The minimum absolute atomic E-state index is 0.348. The van der Waals surface area contributed by atoms with Crippen molar-refractivity contribution in [3.8, 4) is 11.5 Å². The number of carbonyl (C=O) groups excluding carboxylic acids is 1. The van der Waals surface area contributed by atoms with Crippen LogP contribution in [0.2, 0.25) is 0 Å². The summed E-state index contributed by atoms with van der Waals surface area (Å²) in [5.41, 5.74) is 2.53. The molecule has 0 saturated carbocycles. The molecular formula is C19H20O4. The van der Waals surface area contributed by atoms with Gasteiger partial charge in [-0.1, -0.05) is 30.4 Å². The quantitative estimate of drug-likeness (QED) is 0.754. The van der Waals surface area contributed by atoms with E-state index in [0.29, 0.717) is 23.7 Å². The molecule has 0 heterocycles. The van der Waals surface area contributed by atoms with E-state index >= 15 is 0 Å². The van der Waals surface area contributed by atoms with E-state index in [9.17, 15) is 4.79 Å². The maximum atomic E-state index is 11.4. The van der Waals surface area contributed by atoms with Gasteiger partial charge in [0.2, 0.25) is 0 Å². The van der Waals surface area contributed by atoms with Gasteiger partial charge in [0.05, 0.1) is 19.8 Å². The number of carbonyl (C=O) groups is 1. The molecule has 4 heteroatoms. The van der Waals surface area contributed by atoms with Crippen LogP contribution in [-0.2, 0) is 11.3 Å². The highest BCUT2D eigenvalue weighted by molar-refractivity contribution is 5.89. The van der Waals surface area contributed by atoms with Crippen molar-refractivity contribution in [2.45, 2.75) is 13.5 Å². The van der Waals surface area contributed by atoms with E-state index in [2.05, 4.69) is 4.74 Å². The van der Waals surface area contributed by atoms with Crippen molar-refractivity contribution in [1.82, 2.24) is 0 Å². The number of esters is 1. The fourth-order valence-electron chi connectivity index (χ4n) is 2.12. The third-order valence-corrected chi connectivity index (χ3v) is 3.32. The molecule has 0 aromatic heterocycles. The smallest absolute Gasteiger partial charge is 0.337 e. The lowest BCUT2D eigenvalue weighted by molar-refractivity contribution is 0.0600. The molecule has 0 radical (unpaired) electrons. The zero-order chi connectivity index (χ0) is 16.7. The Hall–Kier alpha value is -2.75. The van der Waals surface area contributed by atoms with Crippen LogP contribution >= 0.6 is 0 Å². The van der Waals surface area contributed by atoms with E-state index < -0.39 is 0 Å². The number of hydrogen-bond donors (Lipinski definition) is 0. The Labute approximate surface area is 136 Å². The molecule has 2 rings (SSSR count). The molecular weight excluding hydrogens is 292 g/mol. The third-order valence-electron chi connectivity index (χ3n) is 3.32. The molecule has 0 atom stereocenters. The first-order valence-electron chi connectivity index (χ1n) is 7.28. The van der Waals surface area contributed by atoms with Gasteiger partial charge in [-0.2, -0.15) is 0 Å². The average Bonchev–Trinajstić information content (AvgIpc) is 2.60. The largest absolute Gasteiger partial charge is 0.493 e. The molecule has 2 aromatic carbocycles. The van der Waals surface area contributed by atoms with E-state index in [1.165, 1.54) is 7.11 Å². The highest BCUT2D eigenvalue weighted by Crippen LogP contribution is 2.29. The van der Waals surface area contributed by atoms with Crippen LogP contribution in [0.4, 0.5) is 0 Å². The van der Waals surface area contributed by atoms with Crippen molar-refractivity contribution < 1.29 is 19.0 Å². The summed E-state index contributed by atoms with van der Waals surface area (Å²) < 4.78 is 15.8. The lowest BCUT2D eigenvalue weighted by atomic mass is 10.1. The van der Waals surface area contributed by atoms with Gasteiger partial charge in [-0.3, -0.25) is 0 Å². The van der Waals surface area contributed by atoms with Gasteiger partial charge >= 0.3 is 5.97 Å². The van der Waals surface area contributed by atoms with Gasteiger partial charge in [-0.05, 0) is 42.3 Å². The van der Waals surface area contributed by atoms with Crippen molar-refractivity contribution in [2.75, 3.05) is 14.2 Å². The van der Waals surface area contributed by atoms with Crippen LogP contribution in [0.25, 0.3) is 6.08 Å². The Morgan fingerprint density at radius 2 is 1.78 bits per heavy atom. The summed E-state index contributed by atoms with van der Waals surface area (Å²) in [6.45, 7) is 2.36. The molecule has 0 aliphatic carbocycles. The normalized spacial score (nSPS) is 10.6. The van der Waals surface area contributed by atoms with E-state index in [1.54, 1.807) is 19.2 Å². The second kappa shape index (κ2) is 8.03. The molecule has 23 heavy (non-hydrogen) atoms. The number of benzene rings is 2. The van der Waals surface area contributed by atoms with Crippen LogP contribution in [0.5, 0.6) is 11.5 Å².